The van der Waals surface area contributed by atoms with Gasteiger partial charge in [-0.2, -0.15) is 0 Å². The van der Waals surface area contributed by atoms with Crippen molar-refractivity contribution < 1.29 is 4.74 Å². The van der Waals surface area contributed by atoms with E-state index in [9.17, 15) is 0 Å². The summed E-state index contributed by atoms with van der Waals surface area (Å²) in [5.41, 5.74) is 1.11. The van der Waals surface area contributed by atoms with Gasteiger partial charge in [-0.3, -0.25) is 0 Å². The van der Waals surface area contributed by atoms with Crippen LogP contribution in [0.25, 0.3) is 0 Å². The van der Waals surface area contributed by atoms with Crippen LogP contribution in [0.1, 0.15) is 17.8 Å². The number of rotatable bonds is 4. The van der Waals surface area contributed by atoms with Gasteiger partial charge in [0.25, 0.3) is 0 Å². The second-order valence-corrected chi connectivity index (χ2v) is 4.59. The van der Waals surface area contributed by atoms with E-state index < -0.39 is 0 Å². The van der Waals surface area contributed by atoms with Crippen LogP contribution in [0.2, 0.25) is 0 Å². The topological polar surface area (TPSA) is 21.3 Å². The van der Waals surface area contributed by atoms with E-state index in [1.165, 1.54) is 4.88 Å². The van der Waals surface area contributed by atoms with Crippen molar-refractivity contribution in [1.29, 1.82) is 0 Å². The molecule has 2 rings (SSSR count). The minimum atomic E-state index is 0.341. The van der Waals surface area contributed by atoms with E-state index in [0.717, 1.165) is 11.4 Å². The van der Waals surface area contributed by atoms with E-state index in [2.05, 4.69) is 29.8 Å². The molecule has 2 aromatic rings. The Morgan fingerprint density at radius 1 is 1.19 bits per heavy atom. The van der Waals surface area contributed by atoms with Crippen molar-refractivity contribution in [3.05, 3.63) is 46.7 Å². The molecule has 2 nitrogen and oxygen atoms in total. The predicted molar refractivity (Wildman–Crippen MR) is 69.4 cm³/mol. The molecule has 0 saturated heterocycles. The number of thiophene rings is 1. The standard InChI is InChI=1S/C13H15NOS/c1-10(13-4-3-9-16-13)14-11-5-7-12(15-2)8-6-11/h3-10,14H,1-2H3. The van der Waals surface area contributed by atoms with Gasteiger partial charge < -0.3 is 10.1 Å². The Morgan fingerprint density at radius 2 is 1.94 bits per heavy atom. The van der Waals surface area contributed by atoms with Crippen LogP contribution in [0, 0.1) is 0 Å². The number of hydrogen-bond donors (Lipinski definition) is 1. The van der Waals surface area contributed by atoms with Gasteiger partial charge in [0.1, 0.15) is 5.75 Å². The van der Waals surface area contributed by atoms with Gasteiger partial charge in [0.05, 0.1) is 13.2 Å². The van der Waals surface area contributed by atoms with Gasteiger partial charge in [-0.1, -0.05) is 6.07 Å². The summed E-state index contributed by atoms with van der Waals surface area (Å²) in [7, 11) is 1.68. The number of nitrogens with one attached hydrogen (secondary N) is 1. The smallest absolute Gasteiger partial charge is 0.119 e. The Bertz CT molecular complexity index is 422. The van der Waals surface area contributed by atoms with Crippen molar-refractivity contribution in [2.45, 2.75) is 13.0 Å². The summed E-state index contributed by atoms with van der Waals surface area (Å²) in [6, 6.07) is 12.5. The van der Waals surface area contributed by atoms with E-state index in [0.29, 0.717) is 6.04 Å². The molecule has 0 spiro atoms. The molecule has 1 atom stereocenters. The first-order valence-corrected chi connectivity index (χ1v) is 6.11. The van der Waals surface area contributed by atoms with Gasteiger partial charge in [0.2, 0.25) is 0 Å². The summed E-state index contributed by atoms with van der Waals surface area (Å²) < 4.78 is 5.12. The summed E-state index contributed by atoms with van der Waals surface area (Å²) in [4.78, 5) is 1.34. The lowest BCUT2D eigenvalue weighted by atomic mass is 10.2. The maximum absolute atomic E-state index is 5.12. The van der Waals surface area contributed by atoms with Gasteiger partial charge in [0.15, 0.2) is 0 Å². The van der Waals surface area contributed by atoms with Crippen LogP contribution in [0.3, 0.4) is 0 Å². The van der Waals surface area contributed by atoms with Crippen LogP contribution in [-0.4, -0.2) is 7.11 Å². The fourth-order valence-electron chi connectivity index (χ4n) is 1.55. The second kappa shape index (κ2) is 5.03. The summed E-state index contributed by atoms with van der Waals surface area (Å²) in [5.74, 6) is 0.884. The third-order valence-corrected chi connectivity index (χ3v) is 3.50. The molecule has 0 radical (unpaired) electrons. The molecule has 1 heterocycles. The Morgan fingerprint density at radius 3 is 2.50 bits per heavy atom. The highest BCUT2D eigenvalue weighted by atomic mass is 32.1. The molecule has 0 bridgehead atoms. The van der Waals surface area contributed by atoms with Crippen molar-refractivity contribution in [2.24, 2.45) is 0 Å². The Kier molecular flexibility index (Phi) is 3.47. The molecule has 0 saturated carbocycles. The Hall–Kier alpha value is -1.48. The predicted octanol–water partition coefficient (Wildman–Crippen LogP) is 3.93. The average Bonchev–Trinajstić information content (AvgIpc) is 2.83. The van der Waals surface area contributed by atoms with Crippen LogP contribution in [-0.2, 0) is 0 Å². The number of methoxy groups -OCH3 is 1. The number of hydrogen-bond acceptors (Lipinski definition) is 3. The molecule has 1 aromatic heterocycles. The minimum Gasteiger partial charge on any atom is -0.497 e. The maximum atomic E-state index is 5.12. The zero-order valence-corrected chi connectivity index (χ0v) is 10.3. The monoisotopic (exact) mass is 233 g/mol. The van der Waals surface area contributed by atoms with Gasteiger partial charge in [-0.05, 0) is 42.6 Å². The normalized spacial score (nSPS) is 12.1. The first-order chi connectivity index (χ1) is 7.79. The van der Waals surface area contributed by atoms with E-state index in [1.807, 2.05) is 24.3 Å². The summed E-state index contributed by atoms with van der Waals surface area (Å²) >= 11 is 1.77. The molecular weight excluding hydrogens is 218 g/mol. The Balaban J connectivity index is 2.03. The molecule has 1 unspecified atom stereocenters. The number of anilines is 1. The summed E-state index contributed by atoms with van der Waals surface area (Å²) in [6.07, 6.45) is 0. The minimum absolute atomic E-state index is 0.341. The average molecular weight is 233 g/mol. The maximum Gasteiger partial charge on any atom is 0.119 e. The zero-order valence-electron chi connectivity index (χ0n) is 9.44. The SMILES string of the molecule is COc1ccc(NC(C)c2cccs2)cc1. The molecule has 0 aliphatic rings. The highest BCUT2D eigenvalue weighted by Crippen LogP contribution is 2.24. The number of ether oxygens (including phenoxy) is 1. The molecule has 84 valence electrons. The quantitative estimate of drug-likeness (QED) is 0.864. The van der Waals surface area contributed by atoms with E-state index in [4.69, 9.17) is 4.74 Å². The Labute approximate surface area is 99.9 Å². The lowest BCUT2D eigenvalue weighted by Crippen LogP contribution is -2.04. The van der Waals surface area contributed by atoms with Crippen molar-refractivity contribution in [3.8, 4) is 5.75 Å². The molecule has 0 amide bonds. The molecule has 3 heteroatoms. The first kappa shape index (κ1) is 11.0. The summed E-state index contributed by atoms with van der Waals surface area (Å²) in [6.45, 7) is 2.16. The highest BCUT2D eigenvalue weighted by Gasteiger charge is 2.05. The van der Waals surface area contributed by atoms with Crippen molar-refractivity contribution in [3.63, 3.8) is 0 Å². The molecular formula is C13H15NOS. The van der Waals surface area contributed by atoms with Crippen LogP contribution >= 0.6 is 11.3 Å². The fraction of sp³-hybridized carbons (Fsp3) is 0.231. The van der Waals surface area contributed by atoms with Crippen LogP contribution in [0.4, 0.5) is 5.69 Å². The molecule has 0 aliphatic carbocycles. The van der Waals surface area contributed by atoms with Crippen molar-refractivity contribution >= 4 is 17.0 Å². The second-order valence-electron chi connectivity index (χ2n) is 3.61. The van der Waals surface area contributed by atoms with Gasteiger partial charge in [0, 0.05) is 10.6 Å². The molecule has 1 aromatic carbocycles. The fourth-order valence-corrected chi connectivity index (χ4v) is 2.28. The third kappa shape index (κ3) is 2.55. The zero-order chi connectivity index (χ0) is 11.4. The molecule has 16 heavy (non-hydrogen) atoms. The lowest BCUT2D eigenvalue weighted by Gasteiger charge is -2.13. The van der Waals surface area contributed by atoms with E-state index >= 15 is 0 Å². The van der Waals surface area contributed by atoms with Crippen LogP contribution in [0.15, 0.2) is 41.8 Å². The van der Waals surface area contributed by atoms with Gasteiger partial charge >= 0.3 is 0 Å². The first-order valence-electron chi connectivity index (χ1n) is 5.23. The lowest BCUT2D eigenvalue weighted by molar-refractivity contribution is 0.415. The number of benzene rings is 1. The van der Waals surface area contributed by atoms with Crippen LogP contribution in [0.5, 0.6) is 5.75 Å². The third-order valence-electron chi connectivity index (χ3n) is 2.44. The van der Waals surface area contributed by atoms with Gasteiger partial charge in [-0.15, -0.1) is 11.3 Å². The largest absolute Gasteiger partial charge is 0.497 e. The van der Waals surface area contributed by atoms with Crippen molar-refractivity contribution in [1.82, 2.24) is 0 Å². The van der Waals surface area contributed by atoms with Crippen molar-refractivity contribution in [2.75, 3.05) is 12.4 Å². The molecule has 0 fully saturated rings. The van der Waals surface area contributed by atoms with E-state index in [1.54, 1.807) is 18.4 Å². The summed E-state index contributed by atoms with van der Waals surface area (Å²) in [5, 5.41) is 5.55. The van der Waals surface area contributed by atoms with Crippen LogP contribution < -0.4 is 10.1 Å². The van der Waals surface area contributed by atoms with E-state index in [-0.39, 0.29) is 0 Å². The highest BCUT2D eigenvalue weighted by molar-refractivity contribution is 7.10. The molecule has 1 N–H and O–H groups in total. The molecule has 0 aliphatic heterocycles. The van der Waals surface area contributed by atoms with Gasteiger partial charge in [-0.25, -0.2) is 0 Å².